The highest BCUT2D eigenvalue weighted by Crippen LogP contribution is 2.18. The first-order valence-corrected chi connectivity index (χ1v) is 8.22. The van der Waals surface area contributed by atoms with Gasteiger partial charge < -0.3 is 9.30 Å². The maximum atomic E-state index is 11.7. The molecule has 0 unspecified atom stereocenters. The molecular formula is C21H24N2O2. The van der Waals surface area contributed by atoms with Gasteiger partial charge in [-0.05, 0) is 12.5 Å². The smallest absolute Gasteiger partial charge is 0.333 e. The predicted molar refractivity (Wildman–Crippen MR) is 100 cm³/mol. The SMILES string of the molecule is C=CCc1nc(COC(=O)C(=C)C)c(CC=C)n1Cc1ccccc1. The lowest BCUT2D eigenvalue weighted by molar-refractivity contribution is -0.140. The van der Waals surface area contributed by atoms with Crippen LogP contribution in [-0.4, -0.2) is 15.5 Å². The average Bonchev–Trinajstić information content (AvgIpc) is 2.91. The van der Waals surface area contributed by atoms with Gasteiger partial charge >= 0.3 is 5.97 Å². The Hall–Kier alpha value is -2.88. The molecule has 0 spiro atoms. The minimum Gasteiger partial charge on any atom is -0.456 e. The van der Waals surface area contributed by atoms with Gasteiger partial charge in [-0.2, -0.15) is 0 Å². The number of ether oxygens (including phenoxy) is 1. The highest BCUT2D eigenvalue weighted by Gasteiger charge is 2.17. The lowest BCUT2D eigenvalue weighted by atomic mass is 10.2. The number of carbonyl (C=O) groups excluding carboxylic acids is 1. The standard InChI is InChI=1S/C21H24N2O2/c1-5-10-19-18(15-25-21(24)16(3)4)22-20(11-6-2)23(19)14-17-12-8-7-9-13-17/h5-9,12-13H,1-3,10-11,14-15H2,4H3. The van der Waals surface area contributed by atoms with Crippen molar-refractivity contribution in [2.75, 3.05) is 0 Å². The zero-order valence-corrected chi connectivity index (χ0v) is 14.7. The summed E-state index contributed by atoms with van der Waals surface area (Å²) in [6, 6.07) is 10.2. The van der Waals surface area contributed by atoms with E-state index in [1.807, 2.05) is 30.4 Å². The van der Waals surface area contributed by atoms with Crippen LogP contribution in [0.2, 0.25) is 0 Å². The summed E-state index contributed by atoms with van der Waals surface area (Å²) in [5, 5.41) is 0. The molecule has 1 aromatic carbocycles. The van der Waals surface area contributed by atoms with Gasteiger partial charge in [0.2, 0.25) is 0 Å². The number of rotatable bonds is 9. The van der Waals surface area contributed by atoms with Crippen molar-refractivity contribution in [3.8, 4) is 0 Å². The number of carbonyl (C=O) groups is 1. The largest absolute Gasteiger partial charge is 0.456 e. The Bertz CT molecular complexity index is 773. The summed E-state index contributed by atoms with van der Waals surface area (Å²) in [5.74, 6) is 0.490. The zero-order chi connectivity index (χ0) is 18.2. The van der Waals surface area contributed by atoms with E-state index in [2.05, 4.69) is 41.4 Å². The molecule has 130 valence electrons. The van der Waals surface area contributed by atoms with Crippen molar-refractivity contribution in [1.82, 2.24) is 9.55 Å². The summed E-state index contributed by atoms with van der Waals surface area (Å²) >= 11 is 0. The minimum atomic E-state index is -0.410. The fourth-order valence-electron chi connectivity index (χ4n) is 2.57. The van der Waals surface area contributed by atoms with Gasteiger partial charge in [0, 0.05) is 30.7 Å². The maximum absolute atomic E-state index is 11.7. The van der Waals surface area contributed by atoms with Gasteiger partial charge in [0.1, 0.15) is 12.4 Å². The Kier molecular flexibility index (Phi) is 6.52. The van der Waals surface area contributed by atoms with E-state index in [0.29, 0.717) is 25.0 Å². The highest BCUT2D eigenvalue weighted by molar-refractivity contribution is 5.86. The van der Waals surface area contributed by atoms with Crippen molar-refractivity contribution >= 4 is 5.97 Å². The second-order valence-electron chi connectivity index (χ2n) is 5.84. The summed E-state index contributed by atoms with van der Waals surface area (Å²) < 4.78 is 7.45. The topological polar surface area (TPSA) is 44.1 Å². The number of benzene rings is 1. The number of nitrogens with zero attached hydrogens (tertiary/aromatic N) is 2. The van der Waals surface area contributed by atoms with Gasteiger partial charge in [-0.25, -0.2) is 9.78 Å². The van der Waals surface area contributed by atoms with Gasteiger partial charge in [0.25, 0.3) is 0 Å². The number of aromatic nitrogens is 2. The van der Waals surface area contributed by atoms with Gasteiger partial charge in [-0.1, -0.05) is 49.1 Å². The molecule has 0 N–H and O–H groups in total. The summed E-state index contributed by atoms with van der Waals surface area (Å²) in [7, 11) is 0. The number of esters is 1. The fourth-order valence-corrected chi connectivity index (χ4v) is 2.57. The van der Waals surface area contributed by atoms with E-state index in [-0.39, 0.29) is 6.61 Å². The summed E-state index contributed by atoms with van der Waals surface area (Å²) in [6.45, 7) is 13.7. The number of hydrogen-bond acceptors (Lipinski definition) is 3. The molecule has 0 bridgehead atoms. The van der Waals surface area contributed by atoms with E-state index >= 15 is 0 Å². The third kappa shape index (κ3) is 4.80. The van der Waals surface area contributed by atoms with Crippen molar-refractivity contribution in [2.24, 2.45) is 0 Å². The second kappa shape index (κ2) is 8.83. The molecule has 0 fully saturated rings. The summed E-state index contributed by atoms with van der Waals surface area (Å²) in [5.41, 5.74) is 3.31. The predicted octanol–water partition coefficient (Wildman–Crippen LogP) is 4.01. The van der Waals surface area contributed by atoms with E-state index in [9.17, 15) is 4.79 Å². The molecule has 2 rings (SSSR count). The molecule has 1 heterocycles. The molecular weight excluding hydrogens is 312 g/mol. The van der Waals surface area contributed by atoms with Gasteiger partial charge in [-0.3, -0.25) is 0 Å². The van der Waals surface area contributed by atoms with E-state index in [4.69, 9.17) is 4.74 Å². The van der Waals surface area contributed by atoms with Crippen molar-refractivity contribution in [3.05, 3.63) is 90.6 Å². The molecule has 0 saturated heterocycles. The minimum absolute atomic E-state index is 0.126. The summed E-state index contributed by atoms with van der Waals surface area (Å²) in [4.78, 5) is 16.4. The Morgan fingerprint density at radius 2 is 1.88 bits per heavy atom. The van der Waals surface area contributed by atoms with Crippen LogP contribution in [0.3, 0.4) is 0 Å². The van der Waals surface area contributed by atoms with E-state index in [1.54, 1.807) is 6.92 Å². The Morgan fingerprint density at radius 3 is 2.48 bits per heavy atom. The van der Waals surface area contributed by atoms with Crippen LogP contribution in [0.5, 0.6) is 0 Å². The molecule has 0 saturated carbocycles. The van der Waals surface area contributed by atoms with E-state index in [0.717, 1.165) is 17.2 Å². The molecule has 0 atom stereocenters. The van der Waals surface area contributed by atoms with Crippen LogP contribution < -0.4 is 0 Å². The third-order valence-corrected chi connectivity index (χ3v) is 3.77. The van der Waals surface area contributed by atoms with E-state index < -0.39 is 5.97 Å². The van der Waals surface area contributed by atoms with Crippen molar-refractivity contribution in [2.45, 2.75) is 32.9 Å². The van der Waals surface area contributed by atoms with E-state index in [1.165, 1.54) is 5.56 Å². The lowest BCUT2D eigenvalue weighted by Gasteiger charge is -2.11. The second-order valence-corrected chi connectivity index (χ2v) is 5.84. The quantitative estimate of drug-likeness (QED) is 0.395. The molecule has 0 amide bonds. The highest BCUT2D eigenvalue weighted by atomic mass is 16.5. The van der Waals surface area contributed by atoms with Crippen LogP contribution in [0.1, 0.15) is 29.7 Å². The molecule has 0 aliphatic heterocycles. The van der Waals surface area contributed by atoms with Crippen molar-refractivity contribution in [3.63, 3.8) is 0 Å². The third-order valence-electron chi connectivity index (χ3n) is 3.77. The van der Waals surface area contributed by atoms with Gasteiger partial charge in [-0.15, -0.1) is 13.2 Å². The van der Waals surface area contributed by atoms with Crippen LogP contribution in [0.4, 0.5) is 0 Å². The average molecular weight is 336 g/mol. The zero-order valence-electron chi connectivity index (χ0n) is 14.7. The summed E-state index contributed by atoms with van der Waals surface area (Å²) in [6.07, 6.45) is 4.95. The fraction of sp³-hybridized carbons (Fsp3) is 0.238. The first-order chi connectivity index (χ1) is 12.1. The Balaban J connectivity index is 2.36. The van der Waals surface area contributed by atoms with Crippen LogP contribution in [0.25, 0.3) is 0 Å². The van der Waals surface area contributed by atoms with Gasteiger partial charge in [0.15, 0.2) is 0 Å². The van der Waals surface area contributed by atoms with Crippen molar-refractivity contribution < 1.29 is 9.53 Å². The van der Waals surface area contributed by atoms with Crippen LogP contribution in [0.15, 0.2) is 67.8 Å². The monoisotopic (exact) mass is 336 g/mol. The molecule has 2 aromatic rings. The Morgan fingerprint density at radius 1 is 1.20 bits per heavy atom. The Labute approximate surface area is 149 Å². The van der Waals surface area contributed by atoms with Crippen LogP contribution in [-0.2, 0) is 35.5 Å². The first-order valence-electron chi connectivity index (χ1n) is 8.22. The molecule has 4 nitrogen and oxygen atoms in total. The lowest BCUT2D eigenvalue weighted by Crippen LogP contribution is -2.10. The molecule has 0 radical (unpaired) electrons. The van der Waals surface area contributed by atoms with Crippen LogP contribution >= 0.6 is 0 Å². The maximum Gasteiger partial charge on any atom is 0.333 e. The molecule has 1 aromatic heterocycles. The molecule has 25 heavy (non-hydrogen) atoms. The van der Waals surface area contributed by atoms with Crippen molar-refractivity contribution in [1.29, 1.82) is 0 Å². The number of allylic oxidation sites excluding steroid dienone is 2. The molecule has 0 aliphatic carbocycles. The first kappa shape index (κ1) is 18.5. The number of imidazole rings is 1. The number of hydrogen-bond donors (Lipinski definition) is 0. The van der Waals surface area contributed by atoms with Crippen LogP contribution in [0, 0.1) is 0 Å². The van der Waals surface area contributed by atoms with Gasteiger partial charge in [0.05, 0.1) is 5.69 Å². The molecule has 0 aliphatic rings. The normalized spacial score (nSPS) is 10.3. The molecule has 4 heteroatoms.